The molecule has 0 unspecified atom stereocenters. The van der Waals surface area contributed by atoms with E-state index in [0.717, 1.165) is 36.6 Å². The van der Waals surface area contributed by atoms with Crippen molar-refractivity contribution in [3.63, 3.8) is 0 Å². The van der Waals surface area contributed by atoms with Crippen LogP contribution >= 0.6 is 0 Å². The summed E-state index contributed by atoms with van der Waals surface area (Å²) in [4.78, 5) is 7.49. The summed E-state index contributed by atoms with van der Waals surface area (Å²) in [5.74, 6) is 2.32. The lowest BCUT2D eigenvalue weighted by Gasteiger charge is -2.24. The topological polar surface area (TPSA) is 60.0 Å². The molecule has 2 saturated heterocycles. The van der Waals surface area contributed by atoms with Gasteiger partial charge in [0.1, 0.15) is 5.69 Å². The van der Waals surface area contributed by atoms with Gasteiger partial charge in [-0.25, -0.2) is 0 Å². The Kier molecular flexibility index (Phi) is 4.74. The Hall–Kier alpha value is -2.47. The van der Waals surface area contributed by atoms with Crippen LogP contribution in [0, 0.1) is 5.92 Å². The molecule has 1 aromatic carbocycles. The predicted octanol–water partition coefficient (Wildman–Crippen LogP) is 4.36. The number of fused-ring (bicyclic) bond motifs is 1. The maximum atomic E-state index is 5.71. The summed E-state index contributed by atoms with van der Waals surface area (Å²) in [5, 5.41) is 9.04. The first kappa shape index (κ1) is 18.6. The van der Waals surface area contributed by atoms with Crippen LogP contribution in [0.4, 0.5) is 0 Å². The highest BCUT2D eigenvalue weighted by Gasteiger charge is 2.46. The van der Waals surface area contributed by atoms with E-state index in [9.17, 15) is 0 Å². The van der Waals surface area contributed by atoms with E-state index >= 15 is 0 Å². The van der Waals surface area contributed by atoms with Gasteiger partial charge in [0.05, 0.1) is 5.69 Å². The average Bonchev–Trinajstić information content (AvgIpc) is 3.45. The first-order valence-electron chi connectivity index (χ1n) is 10.8. The molecule has 0 spiro atoms. The predicted molar refractivity (Wildman–Crippen MR) is 111 cm³/mol. The molecule has 2 aromatic heterocycles. The summed E-state index contributed by atoms with van der Waals surface area (Å²) in [7, 11) is 1.95. The molecule has 0 N–H and O–H groups in total. The molecular formula is C23H29N5O. The zero-order valence-corrected chi connectivity index (χ0v) is 17.5. The third kappa shape index (κ3) is 3.39. The van der Waals surface area contributed by atoms with Crippen LogP contribution in [-0.4, -0.2) is 37.4 Å². The minimum Gasteiger partial charge on any atom is -0.332 e. The van der Waals surface area contributed by atoms with Crippen molar-refractivity contribution >= 4 is 0 Å². The lowest BCUT2D eigenvalue weighted by atomic mass is 9.94. The summed E-state index contributed by atoms with van der Waals surface area (Å²) < 4.78 is 7.57. The zero-order chi connectivity index (χ0) is 20.0. The van der Waals surface area contributed by atoms with Crippen molar-refractivity contribution in [1.29, 1.82) is 0 Å². The molecule has 152 valence electrons. The van der Waals surface area contributed by atoms with Crippen molar-refractivity contribution in [2.45, 2.75) is 57.5 Å². The van der Waals surface area contributed by atoms with E-state index in [4.69, 9.17) is 9.51 Å². The van der Waals surface area contributed by atoms with Gasteiger partial charge in [-0.1, -0.05) is 49.3 Å². The Balaban J connectivity index is 1.41. The monoisotopic (exact) mass is 391 g/mol. The first-order chi connectivity index (χ1) is 14.1. The number of rotatable bonds is 5. The van der Waals surface area contributed by atoms with Crippen molar-refractivity contribution in [2.24, 2.45) is 13.0 Å². The van der Waals surface area contributed by atoms with Crippen LogP contribution < -0.4 is 0 Å². The Morgan fingerprint density at radius 2 is 2.03 bits per heavy atom. The highest BCUT2D eigenvalue weighted by atomic mass is 16.5. The molecule has 6 heteroatoms. The SMILES string of the molecule is CC(C)Cc1cc(-c2nc([C@@H]3C[C@H](c4ccccc4)N4CCC[C@@H]34)no2)n(C)n1. The zero-order valence-electron chi connectivity index (χ0n) is 17.5. The van der Waals surface area contributed by atoms with Crippen LogP contribution in [-0.2, 0) is 13.5 Å². The van der Waals surface area contributed by atoms with Crippen LogP contribution in [0.1, 0.15) is 62.2 Å². The van der Waals surface area contributed by atoms with Gasteiger partial charge in [0.15, 0.2) is 5.82 Å². The van der Waals surface area contributed by atoms with Gasteiger partial charge in [-0.15, -0.1) is 0 Å². The Morgan fingerprint density at radius 1 is 1.21 bits per heavy atom. The Labute approximate surface area is 171 Å². The van der Waals surface area contributed by atoms with Gasteiger partial charge in [0.2, 0.25) is 0 Å². The molecule has 0 saturated carbocycles. The number of benzene rings is 1. The van der Waals surface area contributed by atoms with Crippen molar-refractivity contribution in [3.8, 4) is 11.6 Å². The number of aromatic nitrogens is 4. The Morgan fingerprint density at radius 3 is 2.83 bits per heavy atom. The molecule has 0 radical (unpaired) electrons. The lowest BCUT2D eigenvalue weighted by Crippen LogP contribution is -2.27. The molecule has 6 nitrogen and oxygen atoms in total. The molecule has 2 fully saturated rings. The molecule has 3 atom stereocenters. The van der Waals surface area contributed by atoms with Gasteiger partial charge in [0, 0.05) is 25.0 Å². The summed E-state index contributed by atoms with van der Waals surface area (Å²) >= 11 is 0. The minimum atomic E-state index is 0.323. The van der Waals surface area contributed by atoms with Crippen LogP contribution in [0.5, 0.6) is 0 Å². The highest BCUT2D eigenvalue weighted by molar-refractivity contribution is 5.48. The number of hydrogen-bond donors (Lipinski definition) is 0. The summed E-state index contributed by atoms with van der Waals surface area (Å²) in [6, 6.07) is 13.9. The van der Waals surface area contributed by atoms with Gasteiger partial charge in [-0.3, -0.25) is 9.58 Å². The molecular weight excluding hydrogens is 362 g/mol. The van der Waals surface area contributed by atoms with Crippen LogP contribution in [0.25, 0.3) is 11.6 Å². The second-order valence-electron chi connectivity index (χ2n) is 8.92. The molecule has 0 bridgehead atoms. The van der Waals surface area contributed by atoms with Crippen LogP contribution in [0.15, 0.2) is 40.9 Å². The van der Waals surface area contributed by atoms with Crippen molar-refractivity contribution in [2.75, 3.05) is 6.54 Å². The molecule has 2 aliphatic heterocycles. The van der Waals surface area contributed by atoms with Gasteiger partial charge >= 0.3 is 0 Å². The van der Waals surface area contributed by atoms with E-state index in [0.29, 0.717) is 29.8 Å². The molecule has 0 amide bonds. The van der Waals surface area contributed by atoms with E-state index in [1.807, 2.05) is 11.7 Å². The van der Waals surface area contributed by atoms with Crippen LogP contribution in [0.2, 0.25) is 0 Å². The molecule has 29 heavy (non-hydrogen) atoms. The average molecular weight is 392 g/mol. The van der Waals surface area contributed by atoms with Gasteiger partial charge in [-0.05, 0) is 49.8 Å². The normalized spacial score (nSPS) is 24.5. The first-order valence-corrected chi connectivity index (χ1v) is 10.8. The van der Waals surface area contributed by atoms with E-state index in [2.05, 4.69) is 65.4 Å². The summed E-state index contributed by atoms with van der Waals surface area (Å²) in [5.41, 5.74) is 3.38. The molecule has 2 aliphatic rings. The fraction of sp³-hybridized carbons (Fsp3) is 0.522. The van der Waals surface area contributed by atoms with Gasteiger partial charge < -0.3 is 4.52 Å². The second-order valence-corrected chi connectivity index (χ2v) is 8.92. The van der Waals surface area contributed by atoms with Gasteiger partial charge in [0.25, 0.3) is 5.89 Å². The minimum absolute atomic E-state index is 0.323. The van der Waals surface area contributed by atoms with Gasteiger partial charge in [-0.2, -0.15) is 10.1 Å². The van der Waals surface area contributed by atoms with E-state index in [1.165, 1.54) is 18.4 Å². The van der Waals surface area contributed by atoms with Crippen molar-refractivity contribution < 1.29 is 4.52 Å². The summed E-state index contributed by atoms with van der Waals surface area (Å²) in [6.07, 6.45) is 4.46. The second kappa shape index (κ2) is 7.41. The fourth-order valence-corrected chi connectivity index (χ4v) is 5.18. The standard InChI is InChI=1S/C23H29N5O/c1-15(2)12-17-13-21(27(3)25-17)23-24-22(26-29-23)18-14-20(16-8-5-4-6-9-16)28-11-7-10-19(18)28/h4-6,8-9,13,15,18-20H,7,10-12,14H2,1-3H3/t18-,19+,20-/m1/s1. The smallest absolute Gasteiger partial charge is 0.276 e. The molecule has 5 rings (SSSR count). The largest absolute Gasteiger partial charge is 0.332 e. The molecule has 4 heterocycles. The number of hydrogen-bond acceptors (Lipinski definition) is 5. The van der Waals surface area contributed by atoms with Crippen molar-refractivity contribution in [1.82, 2.24) is 24.8 Å². The van der Waals surface area contributed by atoms with E-state index in [-0.39, 0.29) is 0 Å². The Bertz CT molecular complexity index is 976. The number of aryl methyl sites for hydroxylation is 1. The number of nitrogens with zero attached hydrogens (tertiary/aromatic N) is 5. The molecule has 3 aromatic rings. The van der Waals surface area contributed by atoms with Crippen molar-refractivity contribution in [3.05, 3.63) is 53.5 Å². The van der Waals surface area contributed by atoms with E-state index < -0.39 is 0 Å². The quantitative estimate of drug-likeness (QED) is 0.647. The maximum Gasteiger partial charge on any atom is 0.276 e. The third-order valence-corrected chi connectivity index (χ3v) is 6.41. The van der Waals surface area contributed by atoms with Crippen LogP contribution in [0.3, 0.4) is 0 Å². The third-order valence-electron chi connectivity index (χ3n) is 6.41. The fourth-order valence-electron chi connectivity index (χ4n) is 5.18. The van der Waals surface area contributed by atoms with E-state index in [1.54, 1.807) is 0 Å². The summed E-state index contributed by atoms with van der Waals surface area (Å²) in [6.45, 7) is 5.57. The highest BCUT2D eigenvalue weighted by Crippen LogP contribution is 2.48. The lowest BCUT2D eigenvalue weighted by molar-refractivity contribution is 0.243. The molecule has 0 aliphatic carbocycles. The maximum absolute atomic E-state index is 5.71.